The van der Waals surface area contributed by atoms with E-state index < -0.39 is 0 Å². The van der Waals surface area contributed by atoms with E-state index in [1.807, 2.05) is 6.92 Å². The maximum Gasteiger partial charge on any atom is 0.253 e. The third kappa shape index (κ3) is 2.47. The minimum Gasteiger partial charge on any atom is -0.397 e. The topological polar surface area (TPSA) is 68.0 Å². The zero-order valence-electron chi connectivity index (χ0n) is 11.1. The molecule has 4 heteroatoms. The van der Waals surface area contributed by atoms with Crippen molar-refractivity contribution in [3.8, 4) is 0 Å². The molecule has 3 N–H and O–H groups in total. The summed E-state index contributed by atoms with van der Waals surface area (Å²) < 4.78 is 0. The number of amides is 1. The van der Waals surface area contributed by atoms with Crippen LogP contribution in [0.5, 0.6) is 0 Å². The van der Waals surface area contributed by atoms with Crippen LogP contribution in [0.3, 0.4) is 0 Å². The van der Waals surface area contributed by atoms with Gasteiger partial charge in [-0.25, -0.2) is 0 Å². The Bertz CT molecular complexity index is 447. The summed E-state index contributed by atoms with van der Waals surface area (Å²) in [7, 11) is 0. The van der Waals surface area contributed by atoms with Crippen LogP contribution in [0.15, 0.2) is 12.3 Å². The van der Waals surface area contributed by atoms with E-state index in [9.17, 15) is 4.79 Å². The predicted octanol–water partition coefficient (Wildman–Crippen LogP) is 2.28. The molecule has 0 radical (unpaired) electrons. The van der Waals surface area contributed by atoms with Crippen molar-refractivity contribution in [1.82, 2.24) is 10.3 Å². The fourth-order valence-corrected chi connectivity index (χ4v) is 2.47. The first-order chi connectivity index (χ1) is 8.56. The third-order valence-corrected chi connectivity index (χ3v) is 4.14. The molecule has 1 aliphatic rings. The van der Waals surface area contributed by atoms with E-state index in [1.165, 1.54) is 19.3 Å². The Morgan fingerprint density at radius 3 is 2.83 bits per heavy atom. The van der Waals surface area contributed by atoms with Crippen LogP contribution < -0.4 is 11.1 Å². The van der Waals surface area contributed by atoms with Crippen molar-refractivity contribution in [2.24, 2.45) is 5.41 Å². The van der Waals surface area contributed by atoms with E-state index in [4.69, 9.17) is 5.73 Å². The van der Waals surface area contributed by atoms with Crippen LogP contribution in [0.1, 0.15) is 48.7 Å². The molecule has 0 spiro atoms. The monoisotopic (exact) mass is 247 g/mol. The first-order valence-corrected chi connectivity index (χ1v) is 6.57. The molecule has 18 heavy (non-hydrogen) atoms. The molecule has 4 nitrogen and oxygen atoms in total. The number of carbonyl (C=O) groups excluding carboxylic acids is 1. The minimum absolute atomic E-state index is 0.0629. The number of pyridine rings is 1. The summed E-state index contributed by atoms with van der Waals surface area (Å²) >= 11 is 0. The smallest absolute Gasteiger partial charge is 0.253 e. The molecular formula is C14H21N3O. The second-order valence-corrected chi connectivity index (χ2v) is 5.29. The van der Waals surface area contributed by atoms with Gasteiger partial charge in [-0.1, -0.05) is 13.3 Å². The van der Waals surface area contributed by atoms with Crippen LogP contribution in [0.25, 0.3) is 0 Å². The molecule has 1 heterocycles. The quantitative estimate of drug-likeness (QED) is 0.857. The second-order valence-electron chi connectivity index (χ2n) is 5.29. The number of aromatic nitrogens is 1. The summed E-state index contributed by atoms with van der Waals surface area (Å²) in [5.41, 5.74) is 7.83. The van der Waals surface area contributed by atoms with E-state index in [0.717, 1.165) is 18.7 Å². The van der Waals surface area contributed by atoms with Crippen LogP contribution in [0.2, 0.25) is 0 Å². The molecule has 1 aromatic heterocycles. The van der Waals surface area contributed by atoms with Crippen LogP contribution in [0, 0.1) is 12.3 Å². The molecule has 1 fully saturated rings. The average molecular weight is 247 g/mol. The van der Waals surface area contributed by atoms with Gasteiger partial charge < -0.3 is 11.1 Å². The number of carbonyl (C=O) groups is 1. The van der Waals surface area contributed by atoms with Gasteiger partial charge in [0.15, 0.2) is 0 Å². The molecule has 0 unspecified atom stereocenters. The third-order valence-electron chi connectivity index (χ3n) is 4.14. The Morgan fingerprint density at radius 1 is 1.56 bits per heavy atom. The lowest BCUT2D eigenvalue weighted by Gasteiger charge is -2.41. The van der Waals surface area contributed by atoms with Crippen molar-refractivity contribution in [1.29, 1.82) is 0 Å². The molecule has 1 aromatic rings. The maximum absolute atomic E-state index is 12.1. The Hall–Kier alpha value is -1.58. The Kier molecular flexibility index (Phi) is 3.55. The number of nitrogens with one attached hydrogen (secondary N) is 1. The minimum atomic E-state index is -0.0629. The Labute approximate surface area is 108 Å². The highest BCUT2D eigenvalue weighted by Gasteiger charge is 2.35. The number of nitrogens with two attached hydrogens (primary N) is 1. The van der Waals surface area contributed by atoms with Gasteiger partial charge in [-0.3, -0.25) is 9.78 Å². The zero-order valence-corrected chi connectivity index (χ0v) is 11.1. The van der Waals surface area contributed by atoms with Crippen LogP contribution in [-0.4, -0.2) is 17.4 Å². The molecular weight excluding hydrogens is 226 g/mol. The number of anilines is 1. The number of aryl methyl sites for hydroxylation is 1. The highest BCUT2D eigenvalue weighted by molar-refractivity contribution is 5.95. The van der Waals surface area contributed by atoms with Crippen LogP contribution in [0.4, 0.5) is 5.69 Å². The van der Waals surface area contributed by atoms with Crippen molar-refractivity contribution in [3.63, 3.8) is 0 Å². The van der Waals surface area contributed by atoms with E-state index in [-0.39, 0.29) is 5.91 Å². The van der Waals surface area contributed by atoms with Crippen molar-refractivity contribution in [3.05, 3.63) is 23.5 Å². The highest BCUT2D eigenvalue weighted by Crippen LogP contribution is 2.43. The molecule has 0 aliphatic heterocycles. The Morgan fingerprint density at radius 2 is 2.28 bits per heavy atom. The number of nitrogen functional groups attached to an aromatic ring is 1. The molecule has 98 valence electrons. The number of rotatable bonds is 4. The van der Waals surface area contributed by atoms with Gasteiger partial charge in [0.2, 0.25) is 0 Å². The van der Waals surface area contributed by atoms with Gasteiger partial charge in [0, 0.05) is 6.54 Å². The fraction of sp³-hybridized carbons (Fsp3) is 0.571. The molecule has 0 aromatic carbocycles. The standard InChI is InChI=1S/C14H21N3O/c1-3-14(5-4-6-14)9-17-13(18)12-7-11(15)8-16-10(12)2/h7-8H,3-6,9,15H2,1-2H3,(H,17,18). The van der Waals surface area contributed by atoms with Crippen LogP contribution >= 0.6 is 0 Å². The second kappa shape index (κ2) is 4.96. The average Bonchev–Trinajstić information content (AvgIpc) is 2.31. The maximum atomic E-state index is 12.1. The lowest BCUT2D eigenvalue weighted by Crippen LogP contribution is -2.41. The van der Waals surface area contributed by atoms with E-state index in [1.54, 1.807) is 12.3 Å². The van der Waals surface area contributed by atoms with Crippen molar-refractivity contribution < 1.29 is 4.79 Å². The van der Waals surface area contributed by atoms with Gasteiger partial charge in [0.25, 0.3) is 5.91 Å². The summed E-state index contributed by atoms with van der Waals surface area (Å²) in [5, 5.41) is 3.03. The van der Waals surface area contributed by atoms with Gasteiger partial charge in [0.05, 0.1) is 23.1 Å². The van der Waals surface area contributed by atoms with E-state index >= 15 is 0 Å². The first-order valence-electron chi connectivity index (χ1n) is 6.57. The molecule has 0 atom stereocenters. The summed E-state index contributed by atoms with van der Waals surface area (Å²) in [6.45, 7) is 4.78. The van der Waals surface area contributed by atoms with Crippen molar-refractivity contribution >= 4 is 11.6 Å². The zero-order chi connectivity index (χ0) is 13.2. The van der Waals surface area contributed by atoms with Crippen molar-refractivity contribution in [2.45, 2.75) is 39.5 Å². The molecule has 0 saturated heterocycles. The highest BCUT2D eigenvalue weighted by atomic mass is 16.1. The first kappa shape index (κ1) is 12.9. The van der Waals surface area contributed by atoms with E-state index in [2.05, 4.69) is 17.2 Å². The largest absolute Gasteiger partial charge is 0.397 e. The lowest BCUT2D eigenvalue weighted by atomic mass is 9.67. The van der Waals surface area contributed by atoms with E-state index in [0.29, 0.717) is 16.7 Å². The SMILES string of the molecule is CCC1(CNC(=O)c2cc(N)cnc2C)CCC1. The number of hydrogen-bond acceptors (Lipinski definition) is 3. The van der Waals surface area contributed by atoms with Crippen LogP contribution in [-0.2, 0) is 0 Å². The number of nitrogens with zero attached hydrogens (tertiary/aromatic N) is 1. The Balaban J connectivity index is 2.01. The summed E-state index contributed by atoms with van der Waals surface area (Å²) in [6, 6.07) is 1.69. The predicted molar refractivity (Wildman–Crippen MR) is 72.3 cm³/mol. The summed E-state index contributed by atoms with van der Waals surface area (Å²) in [5.74, 6) is -0.0629. The van der Waals surface area contributed by atoms with Crippen molar-refractivity contribution in [2.75, 3.05) is 12.3 Å². The fourth-order valence-electron chi connectivity index (χ4n) is 2.47. The molecule has 0 bridgehead atoms. The van der Waals surface area contributed by atoms with Gasteiger partial charge in [0.1, 0.15) is 0 Å². The van der Waals surface area contributed by atoms with Gasteiger partial charge in [-0.2, -0.15) is 0 Å². The van der Waals surface area contributed by atoms with Gasteiger partial charge in [-0.05, 0) is 37.7 Å². The normalized spacial score (nSPS) is 17.0. The molecule has 1 saturated carbocycles. The summed E-state index contributed by atoms with van der Waals surface area (Å²) in [4.78, 5) is 16.2. The molecule has 2 rings (SSSR count). The number of hydrogen-bond donors (Lipinski definition) is 2. The molecule has 1 amide bonds. The molecule has 1 aliphatic carbocycles. The van der Waals surface area contributed by atoms with Gasteiger partial charge in [-0.15, -0.1) is 0 Å². The lowest BCUT2D eigenvalue weighted by molar-refractivity contribution is 0.0849. The van der Waals surface area contributed by atoms with Gasteiger partial charge >= 0.3 is 0 Å². The summed E-state index contributed by atoms with van der Waals surface area (Å²) in [6.07, 6.45) is 6.42.